The Bertz CT molecular complexity index is 706. The molecule has 2 aromatic carbocycles. The summed E-state index contributed by atoms with van der Waals surface area (Å²) in [5.41, 5.74) is 0.479. The van der Waals surface area contributed by atoms with Crippen molar-refractivity contribution in [1.29, 1.82) is 0 Å². The topological polar surface area (TPSA) is 46.5 Å². The Hall–Kier alpha value is -2.76. The molecule has 0 fully saturated rings. The lowest BCUT2D eigenvalue weighted by Gasteiger charge is -2.08. The molecule has 0 aliphatic rings. The second-order valence-electron chi connectivity index (χ2n) is 4.34. The molecule has 1 N–H and O–H groups in total. The molecule has 0 spiro atoms. The molecule has 2 rings (SSSR count). The van der Waals surface area contributed by atoms with Crippen LogP contribution < -0.4 is 4.74 Å². The molecule has 114 valence electrons. The van der Waals surface area contributed by atoms with Crippen molar-refractivity contribution < 1.29 is 27.8 Å². The molecular weight excluding hydrogens is 297 g/mol. The van der Waals surface area contributed by atoms with Crippen molar-refractivity contribution in [3.05, 3.63) is 65.7 Å². The molecule has 0 amide bonds. The van der Waals surface area contributed by atoms with Gasteiger partial charge in [0.2, 0.25) is 0 Å². The number of para-hydroxylation sites is 1. The average Bonchev–Trinajstić information content (AvgIpc) is 2.44. The summed E-state index contributed by atoms with van der Waals surface area (Å²) in [5.74, 6) is -0.990. The maximum Gasteiger partial charge on any atom is 0.573 e. The van der Waals surface area contributed by atoms with Gasteiger partial charge in [-0.3, -0.25) is 4.79 Å². The lowest BCUT2D eigenvalue weighted by atomic mass is 10.1. The van der Waals surface area contributed by atoms with Crippen molar-refractivity contribution in [1.82, 2.24) is 0 Å². The van der Waals surface area contributed by atoms with Crippen molar-refractivity contribution in [3.8, 4) is 11.5 Å². The van der Waals surface area contributed by atoms with Crippen LogP contribution in [0.5, 0.6) is 11.5 Å². The number of phenolic OH excluding ortho intramolecular Hbond substituents is 1. The summed E-state index contributed by atoms with van der Waals surface area (Å²) in [6, 6.07) is 11.2. The number of ketones is 1. The Morgan fingerprint density at radius 3 is 2.50 bits per heavy atom. The first-order chi connectivity index (χ1) is 10.3. The zero-order valence-electron chi connectivity index (χ0n) is 11.2. The second-order valence-corrected chi connectivity index (χ2v) is 4.34. The number of hydrogen-bond donors (Lipinski definition) is 1. The first kappa shape index (κ1) is 15.6. The highest BCUT2D eigenvalue weighted by Gasteiger charge is 2.30. The van der Waals surface area contributed by atoms with Crippen LogP contribution in [0.1, 0.15) is 15.9 Å². The van der Waals surface area contributed by atoms with E-state index >= 15 is 0 Å². The molecule has 6 heteroatoms. The van der Waals surface area contributed by atoms with Gasteiger partial charge >= 0.3 is 6.36 Å². The third-order valence-electron chi connectivity index (χ3n) is 2.69. The van der Waals surface area contributed by atoms with E-state index in [0.717, 1.165) is 12.1 Å². The van der Waals surface area contributed by atoms with Gasteiger partial charge in [0.05, 0.1) is 5.56 Å². The van der Waals surface area contributed by atoms with Crippen LogP contribution in [0.15, 0.2) is 54.6 Å². The number of hydrogen-bond acceptors (Lipinski definition) is 3. The quantitative estimate of drug-likeness (QED) is 0.680. The number of carbonyl (C=O) groups excluding carboxylic acids is 1. The minimum atomic E-state index is -4.77. The highest BCUT2D eigenvalue weighted by Crippen LogP contribution is 2.24. The van der Waals surface area contributed by atoms with E-state index in [1.54, 1.807) is 12.1 Å². The molecule has 0 heterocycles. The highest BCUT2D eigenvalue weighted by molar-refractivity contribution is 6.08. The average molecular weight is 308 g/mol. The molecule has 0 saturated carbocycles. The number of allylic oxidation sites excluding steroid dienone is 1. The fourth-order valence-corrected chi connectivity index (χ4v) is 1.76. The SMILES string of the molecule is O=C(C=Cc1cccc(OC(F)(F)F)c1)c1ccccc1O. The van der Waals surface area contributed by atoms with E-state index < -0.39 is 12.1 Å². The number of halogens is 3. The van der Waals surface area contributed by atoms with Gasteiger partial charge in [0, 0.05) is 0 Å². The van der Waals surface area contributed by atoms with Gasteiger partial charge in [0.1, 0.15) is 11.5 Å². The maximum atomic E-state index is 12.1. The second kappa shape index (κ2) is 6.34. The molecule has 0 bridgehead atoms. The van der Waals surface area contributed by atoms with E-state index in [1.807, 2.05) is 0 Å². The number of benzene rings is 2. The van der Waals surface area contributed by atoms with Gasteiger partial charge in [0.25, 0.3) is 0 Å². The third kappa shape index (κ3) is 4.37. The molecule has 0 aliphatic heterocycles. The van der Waals surface area contributed by atoms with Crippen LogP contribution in [0.3, 0.4) is 0 Å². The van der Waals surface area contributed by atoms with Gasteiger partial charge in [-0.05, 0) is 35.9 Å². The maximum absolute atomic E-state index is 12.1. The number of phenols is 1. The molecule has 3 nitrogen and oxygen atoms in total. The minimum Gasteiger partial charge on any atom is -0.507 e. The third-order valence-corrected chi connectivity index (χ3v) is 2.69. The molecule has 0 atom stereocenters. The largest absolute Gasteiger partial charge is 0.573 e. The molecule has 2 aromatic rings. The first-order valence-electron chi connectivity index (χ1n) is 6.21. The molecule has 0 unspecified atom stereocenters. The van der Waals surface area contributed by atoms with Gasteiger partial charge in [0.15, 0.2) is 5.78 Å². The zero-order valence-corrected chi connectivity index (χ0v) is 11.2. The lowest BCUT2D eigenvalue weighted by Crippen LogP contribution is -2.17. The number of aromatic hydroxyl groups is 1. The van der Waals surface area contributed by atoms with Gasteiger partial charge in [-0.2, -0.15) is 0 Å². The Morgan fingerprint density at radius 2 is 1.82 bits per heavy atom. The van der Waals surface area contributed by atoms with E-state index in [4.69, 9.17) is 0 Å². The predicted octanol–water partition coefficient (Wildman–Crippen LogP) is 4.19. The van der Waals surface area contributed by atoms with Gasteiger partial charge in [-0.15, -0.1) is 13.2 Å². The van der Waals surface area contributed by atoms with Crippen LogP contribution in [0.2, 0.25) is 0 Å². The summed E-state index contributed by atoms with van der Waals surface area (Å²) >= 11 is 0. The predicted molar refractivity (Wildman–Crippen MR) is 74.6 cm³/mol. The number of rotatable bonds is 4. The summed E-state index contributed by atoms with van der Waals surface area (Å²) in [6.07, 6.45) is -2.26. The van der Waals surface area contributed by atoms with E-state index in [-0.39, 0.29) is 17.1 Å². The number of carbonyl (C=O) groups is 1. The van der Waals surface area contributed by atoms with E-state index in [0.29, 0.717) is 5.56 Å². The normalized spacial score (nSPS) is 11.6. The Balaban J connectivity index is 2.15. The van der Waals surface area contributed by atoms with Crippen LogP contribution in [-0.4, -0.2) is 17.3 Å². The van der Waals surface area contributed by atoms with Crippen molar-refractivity contribution in [2.45, 2.75) is 6.36 Å². The Kier molecular flexibility index (Phi) is 4.50. The first-order valence-corrected chi connectivity index (χ1v) is 6.21. The van der Waals surface area contributed by atoms with Crippen molar-refractivity contribution in [2.24, 2.45) is 0 Å². The lowest BCUT2D eigenvalue weighted by molar-refractivity contribution is -0.274. The van der Waals surface area contributed by atoms with Gasteiger partial charge < -0.3 is 9.84 Å². The highest BCUT2D eigenvalue weighted by atomic mass is 19.4. The van der Waals surface area contributed by atoms with Crippen molar-refractivity contribution in [3.63, 3.8) is 0 Å². The molecule has 22 heavy (non-hydrogen) atoms. The van der Waals surface area contributed by atoms with E-state index in [9.17, 15) is 23.1 Å². The molecule has 0 aliphatic carbocycles. The molecular formula is C16H11F3O3. The Labute approximate surface area is 124 Å². The summed E-state index contributed by atoms with van der Waals surface area (Å²) < 4.78 is 40.2. The summed E-state index contributed by atoms with van der Waals surface area (Å²) in [7, 11) is 0. The molecule has 0 aromatic heterocycles. The van der Waals surface area contributed by atoms with Crippen LogP contribution >= 0.6 is 0 Å². The van der Waals surface area contributed by atoms with Gasteiger partial charge in [-0.25, -0.2) is 0 Å². The van der Waals surface area contributed by atoms with E-state index in [1.165, 1.54) is 36.4 Å². The molecule has 0 radical (unpaired) electrons. The summed E-state index contributed by atoms with van der Waals surface area (Å²) in [6.45, 7) is 0. The standard InChI is InChI=1S/C16H11F3O3/c17-16(18,19)22-12-5-3-4-11(10-12)8-9-15(21)13-6-1-2-7-14(13)20/h1-10,20H. The minimum absolute atomic E-state index is 0.112. The fourth-order valence-electron chi connectivity index (χ4n) is 1.76. The summed E-state index contributed by atoms with van der Waals surface area (Å²) in [5, 5.41) is 9.55. The summed E-state index contributed by atoms with van der Waals surface area (Å²) in [4.78, 5) is 11.9. The Morgan fingerprint density at radius 1 is 1.09 bits per heavy atom. The van der Waals surface area contributed by atoms with Gasteiger partial charge in [-0.1, -0.05) is 30.3 Å². The van der Waals surface area contributed by atoms with Crippen LogP contribution in [0.4, 0.5) is 13.2 Å². The molecule has 0 saturated heterocycles. The smallest absolute Gasteiger partial charge is 0.507 e. The van der Waals surface area contributed by atoms with E-state index in [2.05, 4.69) is 4.74 Å². The van der Waals surface area contributed by atoms with Crippen LogP contribution in [-0.2, 0) is 0 Å². The van der Waals surface area contributed by atoms with Crippen LogP contribution in [0.25, 0.3) is 6.08 Å². The number of ether oxygens (including phenoxy) is 1. The zero-order chi connectivity index (χ0) is 16.2. The fraction of sp³-hybridized carbons (Fsp3) is 0.0625. The monoisotopic (exact) mass is 308 g/mol. The van der Waals surface area contributed by atoms with Crippen molar-refractivity contribution in [2.75, 3.05) is 0 Å². The van der Waals surface area contributed by atoms with Crippen molar-refractivity contribution >= 4 is 11.9 Å². The van der Waals surface area contributed by atoms with Crippen LogP contribution in [0, 0.1) is 0 Å². The number of alkyl halides is 3.